The molecule has 1 N–H and O–H groups in total. The average Bonchev–Trinajstić information content (AvgIpc) is 3.49. The maximum atomic E-state index is 12.7. The lowest BCUT2D eigenvalue weighted by Gasteiger charge is -2.25. The van der Waals surface area contributed by atoms with E-state index in [2.05, 4.69) is 5.32 Å². The number of nitrogens with zero attached hydrogens (tertiary/aromatic N) is 1. The quantitative estimate of drug-likeness (QED) is 0.731. The number of carbonyl (C=O) groups is 1. The second-order valence-corrected chi connectivity index (χ2v) is 11.3. The fraction of sp³-hybridized carbons (Fsp3) is 0.476. The van der Waals surface area contributed by atoms with Gasteiger partial charge in [0.15, 0.2) is 11.5 Å². The molecule has 0 bridgehead atoms. The molecule has 1 spiro atoms. The number of benzene rings is 1. The van der Waals surface area contributed by atoms with Crippen LogP contribution in [0.1, 0.15) is 30.6 Å². The van der Waals surface area contributed by atoms with Gasteiger partial charge in [-0.25, -0.2) is 8.42 Å². The predicted octanol–water partition coefficient (Wildman–Crippen LogP) is 2.99. The number of morpholine rings is 1. The van der Waals surface area contributed by atoms with Crippen molar-refractivity contribution < 1.29 is 27.4 Å². The Morgan fingerprint density at radius 1 is 1.06 bits per heavy atom. The summed E-state index contributed by atoms with van der Waals surface area (Å²) < 4.78 is 44.4. The molecule has 1 saturated heterocycles. The fourth-order valence-electron chi connectivity index (χ4n) is 4.16. The number of rotatable bonds is 5. The van der Waals surface area contributed by atoms with Gasteiger partial charge in [0.1, 0.15) is 4.21 Å². The van der Waals surface area contributed by atoms with Gasteiger partial charge >= 0.3 is 0 Å². The van der Waals surface area contributed by atoms with Crippen molar-refractivity contribution in [1.29, 1.82) is 0 Å². The average molecular weight is 465 g/mol. The van der Waals surface area contributed by atoms with Crippen molar-refractivity contribution in [3.63, 3.8) is 0 Å². The fourth-order valence-corrected chi connectivity index (χ4v) is 7.08. The molecule has 1 aromatic heterocycles. The smallest absolute Gasteiger partial charge is 0.252 e. The monoisotopic (exact) mass is 464 g/mol. The molecule has 3 heterocycles. The first-order chi connectivity index (χ1) is 14.9. The molecule has 10 heteroatoms. The second kappa shape index (κ2) is 8.09. The van der Waals surface area contributed by atoms with Crippen LogP contribution >= 0.6 is 11.3 Å². The molecule has 2 fully saturated rings. The lowest BCUT2D eigenvalue weighted by Crippen LogP contribution is -2.40. The molecular weight excluding hydrogens is 440 g/mol. The Hall–Kier alpha value is -2.14. The largest absolute Gasteiger partial charge is 0.448 e. The van der Waals surface area contributed by atoms with Gasteiger partial charge in [0, 0.05) is 42.6 Å². The highest BCUT2D eigenvalue weighted by Gasteiger charge is 2.44. The zero-order chi connectivity index (χ0) is 21.5. The number of hydrogen-bond donors (Lipinski definition) is 1. The van der Waals surface area contributed by atoms with Crippen molar-refractivity contribution >= 4 is 33.0 Å². The summed E-state index contributed by atoms with van der Waals surface area (Å²) in [6.07, 6.45) is 4.01. The number of carbonyl (C=O) groups excluding carboxylic acids is 1. The van der Waals surface area contributed by atoms with E-state index < -0.39 is 15.8 Å². The lowest BCUT2D eigenvalue weighted by atomic mass is 10.2. The van der Waals surface area contributed by atoms with Crippen LogP contribution < -0.4 is 14.8 Å². The summed E-state index contributed by atoms with van der Waals surface area (Å²) in [5, 5.41) is 2.87. The first-order valence-corrected chi connectivity index (χ1v) is 12.7. The van der Waals surface area contributed by atoms with Crippen molar-refractivity contribution in [2.24, 2.45) is 0 Å². The van der Waals surface area contributed by atoms with E-state index in [0.29, 0.717) is 48.4 Å². The molecule has 1 aromatic carbocycles. The Balaban J connectivity index is 1.22. The first kappa shape index (κ1) is 20.7. The zero-order valence-corrected chi connectivity index (χ0v) is 18.6. The molecule has 31 heavy (non-hydrogen) atoms. The number of hydrogen-bond acceptors (Lipinski definition) is 7. The minimum absolute atomic E-state index is 0.0989. The van der Waals surface area contributed by atoms with Crippen molar-refractivity contribution in [3.05, 3.63) is 35.2 Å². The van der Waals surface area contributed by atoms with E-state index in [0.717, 1.165) is 37.0 Å². The van der Waals surface area contributed by atoms with E-state index in [1.165, 1.54) is 4.31 Å². The Labute approximate surface area is 185 Å². The molecule has 166 valence electrons. The summed E-state index contributed by atoms with van der Waals surface area (Å²) in [6.45, 7) is 1.50. The minimum Gasteiger partial charge on any atom is -0.448 e. The van der Waals surface area contributed by atoms with Crippen LogP contribution in [-0.2, 0) is 26.0 Å². The Morgan fingerprint density at radius 3 is 2.58 bits per heavy atom. The summed E-state index contributed by atoms with van der Waals surface area (Å²) in [5.74, 6) is 0.599. The molecule has 0 unspecified atom stereocenters. The third kappa shape index (κ3) is 4.17. The van der Waals surface area contributed by atoms with Gasteiger partial charge in [-0.2, -0.15) is 4.31 Å². The van der Waals surface area contributed by atoms with Gasteiger partial charge in [0.2, 0.25) is 5.91 Å². The first-order valence-electron chi connectivity index (χ1n) is 10.4. The second-order valence-electron chi connectivity index (χ2n) is 7.95. The van der Waals surface area contributed by atoms with E-state index in [1.807, 2.05) is 6.07 Å². The van der Waals surface area contributed by atoms with Crippen molar-refractivity contribution in [2.75, 3.05) is 31.6 Å². The molecular formula is C21H24N2O6S2. The maximum Gasteiger partial charge on any atom is 0.252 e. The highest BCUT2D eigenvalue weighted by molar-refractivity contribution is 7.91. The molecule has 0 atom stereocenters. The van der Waals surface area contributed by atoms with Gasteiger partial charge in [-0.05, 0) is 37.1 Å². The van der Waals surface area contributed by atoms with E-state index in [-0.39, 0.29) is 16.5 Å². The molecule has 1 aliphatic carbocycles. The summed E-state index contributed by atoms with van der Waals surface area (Å²) >= 11 is 1.13. The van der Waals surface area contributed by atoms with E-state index in [9.17, 15) is 13.2 Å². The molecule has 1 saturated carbocycles. The van der Waals surface area contributed by atoms with Gasteiger partial charge < -0.3 is 19.5 Å². The normalized spacial score (nSPS) is 20.3. The van der Waals surface area contributed by atoms with Crippen LogP contribution in [0.5, 0.6) is 11.5 Å². The van der Waals surface area contributed by atoms with E-state index in [1.54, 1.807) is 24.3 Å². The number of anilines is 1. The topological polar surface area (TPSA) is 94.2 Å². The molecule has 5 rings (SSSR count). The van der Waals surface area contributed by atoms with Gasteiger partial charge in [-0.1, -0.05) is 0 Å². The summed E-state index contributed by atoms with van der Waals surface area (Å²) in [4.78, 5) is 13.2. The van der Waals surface area contributed by atoms with Crippen LogP contribution in [0.15, 0.2) is 34.5 Å². The number of sulfonamides is 1. The number of ether oxygens (including phenoxy) is 3. The van der Waals surface area contributed by atoms with Gasteiger partial charge in [-0.3, -0.25) is 4.79 Å². The number of nitrogens with one attached hydrogen (secondary N) is 1. The van der Waals surface area contributed by atoms with Crippen LogP contribution in [0.3, 0.4) is 0 Å². The van der Waals surface area contributed by atoms with Gasteiger partial charge in [0.25, 0.3) is 15.8 Å². The van der Waals surface area contributed by atoms with Crippen LogP contribution in [0.4, 0.5) is 5.69 Å². The number of fused-ring (bicyclic) bond motifs is 1. The van der Waals surface area contributed by atoms with Crippen LogP contribution in [0.2, 0.25) is 0 Å². The van der Waals surface area contributed by atoms with Crippen molar-refractivity contribution in [3.8, 4) is 11.5 Å². The molecule has 2 aliphatic heterocycles. The predicted molar refractivity (Wildman–Crippen MR) is 115 cm³/mol. The van der Waals surface area contributed by atoms with E-state index in [4.69, 9.17) is 14.2 Å². The zero-order valence-electron chi connectivity index (χ0n) is 17.0. The van der Waals surface area contributed by atoms with Crippen LogP contribution in [-0.4, -0.2) is 50.7 Å². The number of thiophene rings is 1. The highest BCUT2D eigenvalue weighted by Crippen LogP contribution is 2.47. The molecule has 0 radical (unpaired) electrons. The third-order valence-corrected chi connectivity index (χ3v) is 9.17. The molecule has 1 amide bonds. The molecule has 8 nitrogen and oxygen atoms in total. The van der Waals surface area contributed by atoms with Crippen LogP contribution in [0, 0.1) is 0 Å². The maximum absolute atomic E-state index is 12.7. The molecule has 3 aliphatic rings. The Bertz CT molecular complexity index is 1090. The summed E-state index contributed by atoms with van der Waals surface area (Å²) in [5.41, 5.74) is 0.625. The lowest BCUT2D eigenvalue weighted by molar-refractivity contribution is -0.115. The summed E-state index contributed by atoms with van der Waals surface area (Å²) in [6, 6.07) is 8.65. The van der Waals surface area contributed by atoms with Crippen LogP contribution in [0.25, 0.3) is 0 Å². The molecule has 2 aromatic rings. The van der Waals surface area contributed by atoms with Gasteiger partial charge in [-0.15, -0.1) is 11.3 Å². The SMILES string of the molecule is O=C(Cc1ccc(S(=O)(=O)N2CCOCC2)s1)Nc1ccc2c(c1)OC1(CCCC1)O2. The highest BCUT2D eigenvalue weighted by atomic mass is 32.2. The standard InChI is InChI=1S/C21H24N2O6S2/c24-19(14-16-4-6-20(30-16)31(25,26)23-9-11-27-12-10-23)22-15-3-5-17-18(13-15)29-21(28-17)7-1-2-8-21/h3-6,13H,1-2,7-12,14H2,(H,22,24). The third-order valence-electron chi connectivity index (χ3n) is 5.72. The number of amides is 1. The van der Waals surface area contributed by atoms with E-state index >= 15 is 0 Å². The summed E-state index contributed by atoms with van der Waals surface area (Å²) in [7, 11) is -3.54. The minimum atomic E-state index is -3.54. The Kier molecular flexibility index (Phi) is 5.41. The van der Waals surface area contributed by atoms with Crippen molar-refractivity contribution in [2.45, 2.75) is 42.1 Å². The Morgan fingerprint density at radius 2 is 1.81 bits per heavy atom. The van der Waals surface area contributed by atoms with Crippen molar-refractivity contribution in [1.82, 2.24) is 4.31 Å². The van der Waals surface area contributed by atoms with Gasteiger partial charge in [0.05, 0.1) is 19.6 Å².